The summed E-state index contributed by atoms with van der Waals surface area (Å²) in [4.78, 5) is 6.86. The summed E-state index contributed by atoms with van der Waals surface area (Å²) in [6.45, 7) is 10.8. The zero-order valence-corrected chi connectivity index (χ0v) is 19.2. The standard InChI is InChI=1S/C20H34N4O.HI/c1-20(2,3)23-19(21-4)22-14-16-10-12-24(13-11-16)15-17-6-8-18(25-5)9-7-17;/h6-9,16H,10-15H2,1-5H3,(H2,21,22,23);1H. The molecule has 0 atom stereocenters. The van der Waals surface area contributed by atoms with Crippen molar-refractivity contribution in [1.29, 1.82) is 0 Å². The highest BCUT2D eigenvalue weighted by molar-refractivity contribution is 14.0. The molecule has 0 spiro atoms. The van der Waals surface area contributed by atoms with E-state index in [0.717, 1.165) is 37.9 Å². The number of methoxy groups -OCH3 is 1. The third-order valence-corrected chi connectivity index (χ3v) is 4.55. The van der Waals surface area contributed by atoms with Gasteiger partial charge in [-0.25, -0.2) is 0 Å². The lowest BCUT2D eigenvalue weighted by Gasteiger charge is -2.33. The van der Waals surface area contributed by atoms with E-state index in [-0.39, 0.29) is 29.5 Å². The molecular formula is C20H35IN4O. The van der Waals surface area contributed by atoms with Crippen LogP contribution >= 0.6 is 24.0 Å². The fourth-order valence-corrected chi connectivity index (χ4v) is 3.11. The Hall–Kier alpha value is -1.02. The Bertz CT molecular complexity index is 546. The molecule has 1 fully saturated rings. The largest absolute Gasteiger partial charge is 0.497 e. The van der Waals surface area contributed by atoms with Gasteiger partial charge >= 0.3 is 0 Å². The van der Waals surface area contributed by atoms with Crippen LogP contribution in [0, 0.1) is 5.92 Å². The van der Waals surface area contributed by atoms with Gasteiger partial charge in [0.05, 0.1) is 7.11 Å². The number of halogens is 1. The molecular weight excluding hydrogens is 439 g/mol. The monoisotopic (exact) mass is 474 g/mol. The first-order valence-electron chi connectivity index (χ1n) is 9.24. The Labute approximate surface area is 176 Å². The van der Waals surface area contributed by atoms with Crippen molar-refractivity contribution < 1.29 is 4.74 Å². The van der Waals surface area contributed by atoms with Crippen LogP contribution in [0.25, 0.3) is 0 Å². The van der Waals surface area contributed by atoms with Crippen LogP contribution in [0.2, 0.25) is 0 Å². The van der Waals surface area contributed by atoms with E-state index >= 15 is 0 Å². The van der Waals surface area contributed by atoms with Crippen molar-refractivity contribution in [2.45, 2.75) is 45.7 Å². The van der Waals surface area contributed by atoms with Gasteiger partial charge in [0.2, 0.25) is 0 Å². The summed E-state index contributed by atoms with van der Waals surface area (Å²) < 4.78 is 5.22. The Morgan fingerprint density at radius 2 is 1.81 bits per heavy atom. The first-order chi connectivity index (χ1) is 11.9. The molecule has 0 unspecified atom stereocenters. The molecule has 148 valence electrons. The highest BCUT2D eigenvalue weighted by atomic mass is 127. The van der Waals surface area contributed by atoms with Gasteiger partial charge in [-0.15, -0.1) is 24.0 Å². The molecule has 2 N–H and O–H groups in total. The van der Waals surface area contributed by atoms with Crippen LogP contribution in [-0.4, -0.2) is 50.2 Å². The fourth-order valence-electron chi connectivity index (χ4n) is 3.11. The zero-order valence-electron chi connectivity index (χ0n) is 16.8. The van der Waals surface area contributed by atoms with Crippen molar-refractivity contribution in [3.05, 3.63) is 29.8 Å². The quantitative estimate of drug-likeness (QED) is 0.390. The second-order valence-electron chi connectivity index (χ2n) is 7.90. The van der Waals surface area contributed by atoms with Crippen molar-refractivity contribution in [2.75, 3.05) is 33.8 Å². The number of hydrogen-bond acceptors (Lipinski definition) is 3. The molecule has 5 nitrogen and oxygen atoms in total. The fraction of sp³-hybridized carbons (Fsp3) is 0.650. The van der Waals surface area contributed by atoms with Gasteiger partial charge in [0.1, 0.15) is 5.75 Å². The van der Waals surface area contributed by atoms with Crippen molar-refractivity contribution in [3.8, 4) is 5.75 Å². The van der Waals surface area contributed by atoms with E-state index in [0.29, 0.717) is 5.92 Å². The topological polar surface area (TPSA) is 48.9 Å². The average Bonchev–Trinajstić information content (AvgIpc) is 2.59. The Balaban J connectivity index is 0.00000338. The van der Waals surface area contributed by atoms with Crippen LogP contribution in [-0.2, 0) is 6.54 Å². The Kier molecular flexibility index (Phi) is 9.71. The number of ether oxygens (including phenoxy) is 1. The van der Waals surface area contributed by atoms with Gasteiger partial charge in [-0.3, -0.25) is 9.89 Å². The number of benzene rings is 1. The van der Waals surface area contributed by atoms with Gasteiger partial charge in [-0.2, -0.15) is 0 Å². The second kappa shape index (κ2) is 11.0. The average molecular weight is 474 g/mol. The summed E-state index contributed by atoms with van der Waals surface area (Å²) in [6.07, 6.45) is 2.46. The molecule has 1 heterocycles. The van der Waals surface area contributed by atoms with E-state index in [9.17, 15) is 0 Å². The van der Waals surface area contributed by atoms with Gasteiger partial charge in [0, 0.05) is 25.7 Å². The summed E-state index contributed by atoms with van der Waals surface area (Å²) in [5.74, 6) is 2.53. The van der Waals surface area contributed by atoms with Crippen molar-refractivity contribution >= 4 is 29.9 Å². The molecule has 0 bridgehead atoms. The number of aliphatic imine (C=N–C) groups is 1. The van der Waals surface area contributed by atoms with E-state index in [4.69, 9.17) is 4.74 Å². The van der Waals surface area contributed by atoms with Crippen LogP contribution in [0.15, 0.2) is 29.3 Å². The van der Waals surface area contributed by atoms with Crippen LogP contribution in [0.3, 0.4) is 0 Å². The van der Waals surface area contributed by atoms with Gasteiger partial charge in [0.15, 0.2) is 5.96 Å². The molecule has 1 aliphatic heterocycles. The molecule has 0 aromatic heterocycles. The minimum Gasteiger partial charge on any atom is -0.497 e. The van der Waals surface area contributed by atoms with E-state index in [1.807, 2.05) is 19.2 Å². The first-order valence-corrected chi connectivity index (χ1v) is 9.24. The number of piperidine rings is 1. The van der Waals surface area contributed by atoms with Crippen LogP contribution < -0.4 is 15.4 Å². The SMILES string of the molecule is CN=C(NCC1CCN(Cc2ccc(OC)cc2)CC1)NC(C)(C)C.I. The molecule has 1 saturated heterocycles. The maximum atomic E-state index is 5.22. The molecule has 0 amide bonds. The lowest BCUT2D eigenvalue weighted by molar-refractivity contribution is 0.178. The molecule has 6 heteroatoms. The predicted octanol–water partition coefficient (Wildman–Crippen LogP) is 3.49. The van der Waals surface area contributed by atoms with Crippen LogP contribution in [0.5, 0.6) is 5.75 Å². The van der Waals surface area contributed by atoms with Gasteiger partial charge in [-0.1, -0.05) is 12.1 Å². The normalized spacial score (nSPS) is 16.7. The van der Waals surface area contributed by atoms with Crippen LogP contribution in [0.4, 0.5) is 0 Å². The van der Waals surface area contributed by atoms with E-state index < -0.39 is 0 Å². The summed E-state index contributed by atoms with van der Waals surface area (Å²) in [7, 11) is 3.54. The number of likely N-dealkylation sites (tertiary alicyclic amines) is 1. The molecule has 26 heavy (non-hydrogen) atoms. The minimum absolute atomic E-state index is 0. The summed E-state index contributed by atoms with van der Waals surface area (Å²) in [6, 6.07) is 8.41. The third kappa shape index (κ3) is 8.12. The van der Waals surface area contributed by atoms with Gasteiger partial charge < -0.3 is 15.4 Å². The van der Waals surface area contributed by atoms with Crippen molar-refractivity contribution in [3.63, 3.8) is 0 Å². The molecule has 0 aliphatic carbocycles. The molecule has 1 aliphatic rings. The summed E-state index contributed by atoms with van der Waals surface area (Å²) >= 11 is 0. The minimum atomic E-state index is 0. The zero-order chi connectivity index (χ0) is 18.3. The Morgan fingerprint density at radius 1 is 1.19 bits per heavy atom. The number of nitrogens with zero attached hydrogens (tertiary/aromatic N) is 2. The lowest BCUT2D eigenvalue weighted by atomic mass is 9.96. The van der Waals surface area contributed by atoms with Crippen molar-refractivity contribution in [2.24, 2.45) is 10.9 Å². The maximum Gasteiger partial charge on any atom is 0.191 e. The second-order valence-corrected chi connectivity index (χ2v) is 7.90. The molecule has 0 saturated carbocycles. The molecule has 1 aromatic carbocycles. The molecule has 1 aromatic rings. The van der Waals surface area contributed by atoms with E-state index in [2.05, 4.69) is 53.4 Å². The maximum absolute atomic E-state index is 5.22. The molecule has 0 radical (unpaired) electrons. The number of rotatable bonds is 5. The lowest BCUT2D eigenvalue weighted by Crippen LogP contribution is -2.49. The highest BCUT2D eigenvalue weighted by Crippen LogP contribution is 2.19. The summed E-state index contributed by atoms with van der Waals surface area (Å²) in [5, 5.41) is 6.89. The predicted molar refractivity (Wildman–Crippen MR) is 121 cm³/mol. The first kappa shape index (κ1) is 23.0. The van der Waals surface area contributed by atoms with Gasteiger partial charge in [0.25, 0.3) is 0 Å². The van der Waals surface area contributed by atoms with Crippen molar-refractivity contribution in [1.82, 2.24) is 15.5 Å². The Morgan fingerprint density at radius 3 is 2.31 bits per heavy atom. The van der Waals surface area contributed by atoms with E-state index in [1.54, 1.807) is 7.11 Å². The highest BCUT2D eigenvalue weighted by Gasteiger charge is 2.20. The number of hydrogen-bond donors (Lipinski definition) is 2. The van der Waals surface area contributed by atoms with Gasteiger partial charge in [-0.05, 0) is 70.3 Å². The molecule has 2 rings (SSSR count). The third-order valence-electron chi connectivity index (χ3n) is 4.55. The number of nitrogens with one attached hydrogen (secondary N) is 2. The summed E-state index contributed by atoms with van der Waals surface area (Å²) in [5.41, 5.74) is 1.39. The number of guanidine groups is 1. The smallest absolute Gasteiger partial charge is 0.191 e. The van der Waals surface area contributed by atoms with Crippen LogP contribution in [0.1, 0.15) is 39.2 Å². The van der Waals surface area contributed by atoms with E-state index in [1.165, 1.54) is 18.4 Å².